The predicted octanol–water partition coefficient (Wildman–Crippen LogP) is 4.43. The molecule has 0 aliphatic heterocycles. The van der Waals surface area contributed by atoms with E-state index >= 15 is 0 Å². The number of hydrogen-bond donors (Lipinski definition) is 1. The van der Waals surface area contributed by atoms with Crippen molar-refractivity contribution in [3.8, 4) is 5.75 Å². The maximum Gasteiger partial charge on any atom is 0.287 e. The van der Waals surface area contributed by atoms with Crippen molar-refractivity contribution in [2.24, 2.45) is 0 Å². The maximum atomic E-state index is 13.6. The molecular formula is C20H19F4N3O3. The molecule has 1 aromatic carbocycles. The fraction of sp³-hybridized carbons (Fsp3) is 0.300. The normalized spacial score (nSPS) is 12.1. The first-order valence-corrected chi connectivity index (χ1v) is 9.10. The fourth-order valence-corrected chi connectivity index (χ4v) is 2.95. The van der Waals surface area contributed by atoms with Crippen LogP contribution in [0.25, 0.3) is 0 Å². The van der Waals surface area contributed by atoms with Gasteiger partial charge in [-0.05, 0) is 32.9 Å². The Kier molecular flexibility index (Phi) is 6.14. The zero-order valence-corrected chi connectivity index (χ0v) is 16.4. The molecule has 2 heterocycles. The van der Waals surface area contributed by atoms with Crippen molar-refractivity contribution in [2.45, 2.75) is 40.0 Å². The van der Waals surface area contributed by atoms with E-state index in [1.165, 1.54) is 12.1 Å². The summed E-state index contributed by atoms with van der Waals surface area (Å²) in [5.74, 6) is -8.24. The van der Waals surface area contributed by atoms with Crippen LogP contribution in [-0.2, 0) is 13.2 Å². The molecular weight excluding hydrogens is 406 g/mol. The largest absolute Gasteiger partial charge is 0.479 e. The molecule has 0 saturated carbocycles. The molecule has 3 aromatic rings. The maximum absolute atomic E-state index is 13.6. The number of halogens is 4. The van der Waals surface area contributed by atoms with Crippen LogP contribution >= 0.6 is 0 Å². The second kappa shape index (κ2) is 8.60. The highest BCUT2D eigenvalue weighted by molar-refractivity contribution is 5.91. The Morgan fingerprint density at radius 3 is 2.50 bits per heavy atom. The highest BCUT2D eigenvalue weighted by atomic mass is 19.2. The molecule has 1 unspecified atom stereocenters. The van der Waals surface area contributed by atoms with Gasteiger partial charge in [0.05, 0.1) is 12.2 Å². The Morgan fingerprint density at radius 2 is 1.90 bits per heavy atom. The van der Waals surface area contributed by atoms with Crippen molar-refractivity contribution < 1.29 is 31.5 Å². The third kappa shape index (κ3) is 4.17. The van der Waals surface area contributed by atoms with Gasteiger partial charge in [-0.2, -0.15) is 13.9 Å². The van der Waals surface area contributed by atoms with Gasteiger partial charge in [0.15, 0.2) is 23.1 Å². The number of carbonyl (C=O) groups excluding carboxylic acids is 1. The third-order valence-corrected chi connectivity index (χ3v) is 4.57. The van der Waals surface area contributed by atoms with Crippen molar-refractivity contribution in [2.75, 3.05) is 0 Å². The average molecular weight is 425 g/mol. The van der Waals surface area contributed by atoms with Crippen molar-refractivity contribution >= 4 is 5.91 Å². The number of hydrogen-bond acceptors (Lipinski definition) is 4. The summed E-state index contributed by atoms with van der Waals surface area (Å²) < 4.78 is 65.7. The topological polar surface area (TPSA) is 69.3 Å². The second-order valence-electron chi connectivity index (χ2n) is 6.55. The first kappa shape index (κ1) is 21.4. The highest BCUT2D eigenvalue weighted by Gasteiger charge is 2.22. The number of carbonyl (C=O) groups is 1. The SMILES string of the molecule is CCn1ncc(C(C)NC(=O)c2ccc(COc3c(F)c(F)cc(F)c3F)o2)c1C. The molecule has 3 rings (SSSR count). The van der Waals surface area contributed by atoms with Crippen LogP contribution in [0.4, 0.5) is 17.6 Å². The Bertz CT molecular complexity index is 1050. The lowest BCUT2D eigenvalue weighted by atomic mass is 10.1. The molecule has 0 bridgehead atoms. The summed E-state index contributed by atoms with van der Waals surface area (Å²) in [6.45, 7) is 5.80. The Balaban J connectivity index is 1.66. The van der Waals surface area contributed by atoms with Gasteiger partial charge >= 0.3 is 0 Å². The van der Waals surface area contributed by atoms with Gasteiger partial charge in [-0.15, -0.1) is 0 Å². The summed E-state index contributed by atoms with van der Waals surface area (Å²) in [6.07, 6.45) is 1.67. The zero-order chi connectivity index (χ0) is 22.0. The van der Waals surface area contributed by atoms with E-state index in [9.17, 15) is 22.4 Å². The molecule has 10 heteroatoms. The van der Waals surface area contributed by atoms with Gasteiger partial charge < -0.3 is 14.5 Å². The molecule has 0 spiro atoms. The summed E-state index contributed by atoms with van der Waals surface area (Å²) in [5.41, 5.74) is 1.77. The van der Waals surface area contributed by atoms with Crippen molar-refractivity contribution in [3.05, 3.63) is 70.4 Å². The zero-order valence-electron chi connectivity index (χ0n) is 16.4. The number of nitrogens with one attached hydrogen (secondary N) is 1. The van der Waals surface area contributed by atoms with E-state index in [1.54, 1.807) is 17.8 Å². The molecule has 6 nitrogen and oxygen atoms in total. The standard InChI is InChI=1S/C20H19F4N3O3/c1-4-27-11(3)13(8-25-27)10(2)26-20(28)16-6-5-12(30-16)9-29-19-17(23)14(21)7-15(22)18(19)24/h5-8,10H,4,9H2,1-3H3,(H,26,28). The number of ether oxygens (including phenoxy) is 1. The van der Waals surface area contributed by atoms with E-state index in [0.29, 0.717) is 6.54 Å². The van der Waals surface area contributed by atoms with E-state index in [1.807, 2.05) is 13.8 Å². The predicted molar refractivity (Wildman–Crippen MR) is 97.8 cm³/mol. The summed E-state index contributed by atoms with van der Waals surface area (Å²) in [6, 6.07) is 2.44. The minimum absolute atomic E-state index is 0.0336. The molecule has 1 atom stereocenters. The van der Waals surface area contributed by atoms with Gasteiger partial charge in [0.1, 0.15) is 12.4 Å². The van der Waals surface area contributed by atoms with Crippen LogP contribution in [0.2, 0.25) is 0 Å². The molecule has 0 fully saturated rings. The number of nitrogens with zero attached hydrogens (tertiary/aromatic N) is 2. The van der Waals surface area contributed by atoms with Gasteiger partial charge in [-0.1, -0.05) is 0 Å². The lowest BCUT2D eigenvalue weighted by molar-refractivity contribution is 0.0907. The highest BCUT2D eigenvalue weighted by Crippen LogP contribution is 2.27. The average Bonchev–Trinajstić information content (AvgIpc) is 3.33. The monoisotopic (exact) mass is 425 g/mol. The molecule has 30 heavy (non-hydrogen) atoms. The van der Waals surface area contributed by atoms with Crippen LogP contribution < -0.4 is 10.1 Å². The van der Waals surface area contributed by atoms with Gasteiger partial charge in [-0.25, -0.2) is 8.78 Å². The molecule has 0 radical (unpaired) electrons. The van der Waals surface area contributed by atoms with E-state index in [-0.39, 0.29) is 23.6 Å². The number of amides is 1. The van der Waals surface area contributed by atoms with E-state index in [2.05, 4.69) is 10.4 Å². The van der Waals surface area contributed by atoms with Gasteiger partial charge in [0, 0.05) is 23.9 Å². The van der Waals surface area contributed by atoms with Crippen LogP contribution in [-0.4, -0.2) is 15.7 Å². The summed E-state index contributed by atoms with van der Waals surface area (Å²) in [5, 5.41) is 6.99. The molecule has 160 valence electrons. The molecule has 0 saturated heterocycles. The molecule has 1 amide bonds. The summed E-state index contributed by atoms with van der Waals surface area (Å²) >= 11 is 0. The van der Waals surface area contributed by atoms with Crippen LogP contribution in [0.1, 0.15) is 47.5 Å². The number of furan rings is 1. The number of rotatable bonds is 7. The first-order chi connectivity index (χ1) is 14.2. The molecule has 0 aliphatic carbocycles. The van der Waals surface area contributed by atoms with Crippen molar-refractivity contribution in [1.29, 1.82) is 0 Å². The molecule has 2 aromatic heterocycles. The Hall–Kier alpha value is -3.30. The Morgan fingerprint density at radius 1 is 1.23 bits per heavy atom. The fourth-order valence-electron chi connectivity index (χ4n) is 2.95. The first-order valence-electron chi connectivity index (χ1n) is 9.10. The van der Waals surface area contributed by atoms with E-state index in [0.717, 1.165) is 11.3 Å². The quantitative estimate of drug-likeness (QED) is 0.449. The third-order valence-electron chi connectivity index (χ3n) is 4.57. The molecule has 0 aliphatic rings. The smallest absolute Gasteiger partial charge is 0.287 e. The summed E-state index contributed by atoms with van der Waals surface area (Å²) in [7, 11) is 0. The molecule has 1 N–H and O–H groups in total. The minimum Gasteiger partial charge on any atom is -0.479 e. The summed E-state index contributed by atoms with van der Waals surface area (Å²) in [4.78, 5) is 12.4. The number of aromatic nitrogens is 2. The van der Waals surface area contributed by atoms with E-state index < -0.39 is 41.5 Å². The van der Waals surface area contributed by atoms with Crippen LogP contribution in [0.15, 0.2) is 28.8 Å². The van der Waals surface area contributed by atoms with Crippen molar-refractivity contribution in [3.63, 3.8) is 0 Å². The lowest BCUT2D eigenvalue weighted by Gasteiger charge is -2.13. The Labute approximate surface area is 169 Å². The van der Waals surface area contributed by atoms with Gasteiger partial charge in [0.25, 0.3) is 5.91 Å². The van der Waals surface area contributed by atoms with Crippen molar-refractivity contribution in [1.82, 2.24) is 15.1 Å². The number of benzene rings is 1. The number of aryl methyl sites for hydroxylation is 1. The minimum atomic E-state index is -1.66. The van der Waals surface area contributed by atoms with Crippen LogP contribution in [0, 0.1) is 30.2 Å². The van der Waals surface area contributed by atoms with Crippen LogP contribution in [0.5, 0.6) is 5.75 Å². The van der Waals surface area contributed by atoms with E-state index in [4.69, 9.17) is 9.15 Å². The lowest BCUT2D eigenvalue weighted by Crippen LogP contribution is -2.26. The second-order valence-corrected chi connectivity index (χ2v) is 6.55. The van der Waals surface area contributed by atoms with Gasteiger partial charge in [-0.3, -0.25) is 9.48 Å². The van der Waals surface area contributed by atoms with Gasteiger partial charge in [0.2, 0.25) is 11.6 Å². The van der Waals surface area contributed by atoms with Crippen LogP contribution in [0.3, 0.4) is 0 Å².